The number of hydrogen-bond acceptors (Lipinski definition) is 7. The first kappa shape index (κ1) is 19.7. The predicted octanol–water partition coefficient (Wildman–Crippen LogP) is 3.74. The van der Waals surface area contributed by atoms with Crippen LogP contribution in [0.25, 0.3) is 15.2 Å². The molecule has 1 aliphatic heterocycles. The molecule has 150 valence electrons. The molecule has 0 spiro atoms. The second-order valence-corrected chi connectivity index (χ2v) is 8.01. The monoisotopic (exact) mass is 443 g/mol. The Balaban J connectivity index is 1.65. The number of imidazole rings is 1. The van der Waals surface area contributed by atoms with Gasteiger partial charge in [0.25, 0.3) is 0 Å². The number of hydrogen-bond donors (Lipinski definition) is 0. The maximum absolute atomic E-state index is 12.0. The normalized spacial score (nSPS) is 15.4. The van der Waals surface area contributed by atoms with Crippen LogP contribution in [0.15, 0.2) is 12.3 Å². The summed E-state index contributed by atoms with van der Waals surface area (Å²) in [5, 5.41) is 0.871. The molecule has 1 saturated heterocycles. The average molecular weight is 444 g/mol. The Hall–Kier alpha value is -1.58. The molecule has 3 aromatic rings. The molecule has 0 atom stereocenters. The van der Waals surface area contributed by atoms with Crippen molar-refractivity contribution in [2.45, 2.75) is 6.92 Å². The van der Waals surface area contributed by atoms with Crippen molar-refractivity contribution in [2.24, 2.45) is 0 Å². The number of carbonyl (C=O) groups is 1. The van der Waals surface area contributed by atoms with Gasteiger partial charge < -0.3 is 14.2 Å². The molecule has 0 amide bonds. The van der Waals surface area contributed by atoms with Crippen LogP contribution < -0.4 is 4.74 Å². The minimum atomic E-state index is -0.457. The molecule has 2 aromatic heterocycles. The van der Waals surface area contributed by atoms with E-state index in [0.29, 0.717) is 34.0 Å². The highest BCUT2D eigenvalue weighted by Gasteiger charge is 2.21. The molecule has 0 unspecified atom stereocenters. The van der Waals surface area contributed by atoms with Gasteiger partial charge in [-0.25, -0.2) is 9.78 Å². The van der Waals surface area contributed by atoms with Gasteiger partial charge in [-0.05, 0) is 6.92 Å². The first-order valence-corrected chi connectivity index (χ1v) is 10.6. The first-order chi connectivity index (χ1) is 13.6. The number of halogens is 2. The number of ether oxygens (including phenoxy) is 3. The van der Waals surface area contributed by atoms with Crippen molar-refractivity contribution in [3.8, 4) is 5.75 Å². The lowest BCUT2D eigenvalue weighted by molar-refractivity contribution is 0.0323. The summed E-state index contributed by atoms with van der Waals surface area (Å²) in [7, 11) is 0. The number of carbonyl (C=O) groups excluding carboxylic acids is 1. The van der Waals surface area contributed by atoms with Gasteiger partial charge in [0, 0.05) is 31.9 Å². The van der Waals surface area contributed by atoms with Crippen LogP contribution in [0.4, 0.5) is 0 Å². The molecule has 3 heterocycles. The minimum absolute atomic E-state index is 0.250. The van der Waals surface area contributed by atoms with Gasteiger partial charge >= 0.3 is 5.97 Å². The number of benzene rings is 1. The summed E-state index contributed by atoms with van der Waals surface area (Å²) in [4.78, 5) is 19.3. The molecule has 1 fully saturated rings. The van der Waals surface area contributed by atoms with Crippen LogP contribution in [-0.2, 0) is 9.47 Å². The summed E-state index contributed by atoms with van der Waals surface area (Å²) in [6, 6.07) is 1.71. The number of nitrogens with zero attached hydrogens (tertiary/aromatic N) is 3. The van der Waals surface area contributed by atoms with Gasteiger partial charge in [-0.3, -0.25) is 9.30 Å². The summed E-state index contributed by atoms with van der Waals surface area (Å²) >= 11 is 14.1. The number of fused-ring (bicyclic) bond motifs is 3. The molecule has 0 radical (unpaired) electrons. The maximum Gasteiger partial charge on any atom is 0.358 e. The van der Waals surface area contributed by atoms with E-state index < -0.39 is 5.97 Å². The number of esters is 1. The Bertz CT molecular complexity index is 1010. The van der Waals surface area contributed by atoms with E-state index in [0.717, 1.165) is 43.1 Å². The SMILES string of the molecule is CCOC(=O)c1cn2c(n1)sc1c(Cl)c(Cl)cc(OCCN3CCOCC3)c12. The maximum atomic E-state index is 12.0. The molecular formula is C18H19Cl2N3O4S. The second-order valence-electron chi connectivity index (χ2n) is 6.25. The zero-order valence-corrected chi connectivity index (χ0v) is 17.6. The average Bonchev–Trinajstić information content (AvgIpc) is 3.25. The van der Waals surface area contributed by atoms with Crippen LogP contribution in [0.2, 0.25) is 10.0 Å². The van der Waals surface area contributed by atoms with Crippen LogP contribution in [0.1, 0.15) is 17.4 Å². The molecule has 0 N–H and O–H groups in total. The van der Waals surface area contributed by atoms with E-state index in [2.05, 4.69) is 9.88 Å². The Morgan fingerprint density at radius 2 is 2.14 bits per heavy atom. The van der Waals surface area contributed by atoms with Gasteiger partial charge in [-0.15, -0.1) is 0 Å². The van der Waals surface area contributed by atoms with Crippen LogP contribution in [0.5, 0.6) is 5.75 Å². The molecule has 0 bridgehead atoms. The highest BCUT2D eigenvalue weighted by Crippen LogP contribution is 2.42. The fraction of sp³-hybridized carbons (Fsp3) is 0.444. The molecule has 10 heteroatoms. The van der Waals surface area contributed by atoms with Gasteiger partial charge in [0.2, 0.25) is 0 Å². The Kier molecular flexibility index (Phi) is 5.93. The van der Waals surface area contributed by atoms with Crippen molar-refractivity contribution in [1.29, 1.82) is 0 Å². The largest absolute Gasteiger partial charge is 0.490 e. The van der Waals surface area contributed by atoms with Crippen LogP contribution in [0.3, 0.4) is 0 Å². The van der Waals surface area contributed by atoms with E-state index in [1.54, 1.807) is 23.6 Å². The number of morpholine rings is 1. The molecule has 1 aromatic carbocycles. The smallest absolute Gasteiger partial charge is 0.358 e. The zero-order valence-electron chi connectivity index (χ0n) is 15.2. The summed E-state index contributed by atoms with van der Waals surface area (Å²) in [6.45, 7) is 6.62. The molecule has 1 aliphatic rings. The molecule has 28 heavy (non-hydrogen) atoms. The lowest BCUT2D eigenvalue weighted by Gasteiger charge is -2.26. The number of thiazole rings is 1. The Morgan fingerprint density at radius 1 is 1.36 bits per heavy atom. The van der Waals surface area contributed by atoms with Gasteiger partial charge in [-0.2, -0.15) is 0 Å². The summed E-state index contributed by atoms with van der Waals surface area (Å²) < 4.78 is 19.0. The van der Waals surface area contributed by atoms with Gasteiger partial charge in [-0.1, -0.05) is 34.5 Å². The van der Waals surface area contributed by atoms with E-state index in [1.807, 2.05) is 0 Å². The second kappa shape index (κ2) is 8.42. The van der Waals surface area contributed by atoms with Crippen molar-refractivity contribution in [3.05, 3.63) is 28.0 Å². The first-order valence-electron chi connectivity index (χ1n) is 8.98. The standard InChI is InChI=1S/C18H19Cl2N3O4S/c1-2-26-17(24)12-10-23-15-13(27-8-5-22-3-6-25-7-4-22)9-11(19)14(20)16(15)28-18(23)21-12/h9-10H,2-8H2,1H3. The third kappa shape index (κ3) is 3.79. The molecule has 7 nitrogen and oxygen atoms in total. The lowest BCUT2D eigenvalue weighted by Crippen LogP contribution is -2.38. The fourth-order valence-corrected chi connectivity index (χ4v) is 4.68. The van der Waals surface area contributed by atoms with Crippen molar-refractivity contribution >= 4 is 55.7 Å². The summed E-state index contributed by atoms with van der Waals surface area (Å²) in [5.41, 5.74) is 1.000. The third-order valence-corrected chi connectivity index (χ3v) is 6.45. The molecule has 0 saturated carbocycles. The zero-order chi connectivity index (χ0) is 19.7. The van der Waals surface area contributed by atoms with Crippen LogP contribution in [-0.4, -0.2) is 66.3 Å². The Morgan fingerprint density at radius 3 is 2.89 bits per heavy atom. The molecule has 4 rings (SSSR count). The van der Waals surface area contributed by atoms with Crippen molar-refractivity contribution in [2.75, 3.05) is 46.1 Å². The highest BCUT2D eigenvalue weighted by molar-refractivity contribution is 7.24. The summed E-state index contributed by atoms with van der Waals surface area (Å²) in [6.07, 6.45) is 1.64. The minimum Gasteiger partial charge on any atom is -0.490 e. The van der Waals surface area contributed by atoms with Gasteiger partial charge in [0.15, 0.2) is 10.7 Å². The van der Waals surface area contributed by atoms with Gasteiger partial charge in [0.05, 0.1) is 34.6 Å². The topological polar surface area (TPSA) is 65.3 Å². The van der Waals surface area contributed by atoms with Crippen molar-refractivity contribution < 1.29 is 19.0 Å². The van der Waals surface area contributed by atoms with Crippen LogP contribution >= 0.6 is 34.5 Å². The summed E-state index contributed by atoms with van der Waals surface area (Å²) in [5.74, 6) is 0.151. The van der Waals surface area contributed by atoms with Crippen molar-refractivity contribution in [1.82, 2.24) is 14.3 Å². The third-order valence-electron chi connectivity index (χ3n) is 4.48. The van der Waals surface area contributed by atoms with E-state index in [-0.39, 0.29) is 5.69 Å². The van der Waals surface area contributed by atoms with Crippen molar-refractivity contribution in [3.63, 3.8) is 0 Å². The van der Waals surface area contributed by atoms with Crippen LogP contribution in [0, 0.1) is 0 Å². The quantitative estimate of drug-likeness (QED) is 0.540. The van der Waals surface area contributed by atoms with E-state index >= 15 is 0 Å². The molecular weight excluding hydrogens is 425 g/mol. The van der Waals surface area contributed by atoms with Gasteiger partial charge in [0.1, 0.15) is 17.9 Å². The highest BCUT2D eigenvalue weighted by atomic mass is 35.5. The Labute approximate surface area is 175 Å². The predicted molar refractivity (Wildman–Crippen MR) is 109 cm³/mol. The van der Waals surface area contributed by atoms with E-state index in [4.69, 9.17) is 37.4 Å². The fourth-order valence-electron chi connectivity index (χ4n) is 3.10. The van der Waals surface area contributed by atoms with E-state index in [9.17, 15) is 4.79 Å². The lowest BCUT2D eigenvalue weighted by atomic mass is 10.3. The number of rotatable bonds is 6. The number of aromatic nitrogens is 2. The molecule has 0 aliphatic carbocycles. The van der Waals surface area contributed by atoms with E-state index in [1.165, 1.54) is 11.3 Å².